The number of nitrogens with two attached hydrogens (primary N) is 2. The molecule has 0 bridgehead atoms. The number of rotatable bonds is 8. The smallest absolute Gasteiger partial charge is 0.280 e. The van der Waals surface area contributed by atoms with E-state index < -0.39 is 16.1 Å². The molecular weight excluding hydrogens is 292 g/mol. The minimum Gasteiger partial charge on any atom is -0.399 e. The Kier molecular flexibility index (Phi) is 6.13. The average Bonchev–Trinajstić information content (AvgIpc) is 2.38. The lowest BCUT2D eigenvalue weighted by Gasteiger charge is -2.22. The van der Waals surface area contributed by atoms with Gasteiger partial charge in [-0.2, -0.15) is 12.7 Å². The molecule has 0 radical (unpaired) electrons. The van der Waals surface area contributed by atoms with E-state index in [9.17, 15) is 13.2 Å². The molecule has 1 rings (SSSR count). The van der Waals surface area contributed by atoms with Crippen molar-refractivity contribution in [2.75, 3.05) is 18.8 Å². The van der Waals surface area contributed by atoms with Crippen LogP contribution in [0.4, 0.5) is 5.69 Å². The van der Waals surface area contributed by atoms with E-state index in [1.54, 1.807) is 24.3 Å². The van der Waals surface area contributed by atoms with Crippen LogP contribution in [0.5, 0.6) is 0 Å². The summed E-state index contributed by atoms with van der Waals surface area (Å²) in [6, 6.07) is 6.76. The molecule has 0 atom stereocenters. The third kappa shape index (κ3) is 6.11. The molecule has 0 saturated carbocycles. The highest BCUT2D eigenvalue weighted by molar-refractivity contribution is 7.87. The molecule has 0 aliphatic rings. The summed E-state index contributed by atoms with van der Waals surface area (Å²) in [4.78, 5) is 11.1. The van der Waals surface area contributed by atoms with Crippen molar-refractivity contribution < 1.29 is 13.2 Å². The normalized spacial score (nSPS) is 12.0. The van der Waals surface area contributed by atoms with E-state index >= 15 is 0 Å². The van der Waals surface area contributed by atoms with E-state index in [0.717, 1.165) is 9.87 Å². The van der Waals surface area contributed by atoms with Gasteiger partial charge >= 0.3 is 0 Å². The molecule has 0 aliphatic heterocycles. The summed E-state index contributed by atoms with van der Waals surface area (Å²) in [6.45, 7) is 3.75. The standard InChI is InChI=1S/C13H22N4O3S/c1-10(2)7-16-21(19,20)17(9-13(15)18)8-11-3-5-12(14)6-4-11/h3-6,10,16H,7-9,14H2,1-2H3,(H2,15,18). The van der Waals surface area contributed by atoms with Crippen LogP contribution >= 0.6 is 0 Å². The molecule has 1 aromatic carbocycles. The molecule has 21 heavy (non-hydrogen) atoms. The molecule has 8 heteroatoms. The zero-order valence-electron chi connectivity index (χ0n) is 12.2. The first-order valence-electron chi connectivity index (χ1n) is 6.58. The Morgan fingerprint density at radius 2 is 1.86 bits per heavy atom. The molecule has 0 spiro atoms. The fourth-order valence-corrected chi connectivity index (χ4v) is 2.93. The minimum atomic E-state index is -3.77. The average molecular weight is 314 g/mol. The predicted octanol–water partition coefficient (Wildman–Crippen LogP) is 0.0465. The van der Waals surface area contributed by atoms with Crippen molar-refractivity contribution in [2.45, 2.75) is 20.4 Å². The van der Waals surface area contributed by atoms with Crippen LogP contribution in [0, 0.1) is 5.92 Å². The lowest BCUT2D eigenvalue weighted by Crippen LogP contribution is -2.45. The third-order valence-corrected chi connectivity index (χ3v) is 4.15. The molecule has 7 nitrogen and oxygen atoms in total. The van der Waals surface area contributed by atoms with E-state index in [4.69, 9.17) is 11.5 Å². The first-order chi connectivity index (χ1) is 9.70. The topological polar surface area (TPSA) is 119 Å². The number of amides is 1. The van der Waals surface area contributed by atoms with Crippen molar-refractivity contribution in [1.82, 2.24) is 9.03 Å². The first-order valence-corrected chi connectivity index (χ1v) is 8.02. The van der Waals surface area contributed by atoms with Gasteiger partial charge in [-0.25, -0.2) is 4.72 Å². The molecule has 0 unspecified atom stereocenters. The lowest BCUT2D eigenvalue weighted by molar-refractivity contribution is -0.118. The highest BCUT2D eigenvalue weighted by Crippen LogP contribution is 2.11. The van der Waals surface area contributed by atoms with Gasteiger partial charge in [0.15, 0.2) is 0 Å². The van der Waals surface area contributed by atoms with Crippen molar-refractivity contribution in [3.63, 3.8) is 0 Å². The number of primary amides is 1. The molecular formula is C13H22N4O3S. The van der Waals surface area contributed by atoms with Gasteiger partial charge in [-0.1, -0.05) is 26.0 Å². The Labute approximate surface area is 125 Å². The Hall–Kier alpha value is -1.64. The zero-order chi connectivity index (χ0) is 16.0. The van der Waals surface area contributed by atoms with Crippen molar-refractivity contribution in [3.8, 4) is 0 Å². The van der Waals surface area contributed by atoms with Gasteiger partial charge in [0, 0.05) is 18.8 Å². The van der Waals surface area contributed by atoms with E-state index in [1.807, 2.05) is 13.8 Å². The second-order valence-corrected chi connectivity index (χ2v) is 6.98. The number of anilines is 1. The Balaban J connectivity index is 2.89. The molecule has 0 heterocycles. The summed E-state index contributed by atoms with van der Waals surface area (Å²) < 4.78 is 27.9. The maximum Gasteiger partial charge on any atom is 0.280 e. The van der Waals surface area contributed by atoms with Crippen LogP contribution in [-0.4, -0.2) is 31.7 Å². The van der Waals surface area contributed by atoms with Gasteiger partial charge in [0.25, 0.3) is 10.2 Å². The van der Waals surface area contributed by atoms with Gasteiger partial charge in [-0.3, -0.25) is 4.79 Å². The maximum atomic E-state index is 12.2. The predicted molar refractivity (Wildman–Crippen MR) is 82.2 cm³/mol. The Morgan fingerprint density at radius 1 is 1.29 bits per heavy atom. The molecule has 5 N–H and O–H groups in total. The Morgan fingerprint density at radius 3 is 2.33 bits per heavy atom. The highest BCUT2D eigenvalue weighted by Gasteiger charge is 2.23. The fraction of sp³-hybridized carbons (Fsp3) is 0.462. The minimum absolute atomic E-state index is 0.0522. The largest absolute Gasteiger partial charge is 0.399 e. The number of hydrogen-bond donors (Lipinski definition) is 3. The zero-order valence-corrected chi connectivity index (χ0v) is 13.1. The van der Waals surface area contributed by atoms with Gasteiger partial charge in [0.2, 0.25) is 5.91 Å². The van der Waals surface area contributed by atoms with Gasteiger partial charge in [0.05, 0.1) is 6.54 Å². The van der Waals surface area contributed by atoms with Crippen molar-refractivity contribution in [3.05, 3.63) is 29.8 Å². The van der Waals surface area contributed by atoms with Crippen molar-refractivity contribution in [1.29, 1.82) is 0 Å². The number of hydrogen-bond acceptors (Lipinski definition) is 4. The van der Waals surface area contributed by atoms with Gasteiger partial charge in [-0.15, -0.1) is 0 Å². The van der Waals surface area contributed by atoms with Gasteiger partial charge in [0.1, 0.15) is 0 Å². The van der Waals surface area contributed by atoms with Crippen molar-refractivity contribution >= 4 is 21.8 Å². The summed E-state index contributed by atoms with van der Waals surface area (Å²) in [5.74, 6) is -0.549. The highest BCUT2D eigenvalue weighted by atomic mass is 32.2. The SMILES string of the molecule is CC(C)CNS(=O)(=O)N(CC(N)=O)Cc1ccc(N)cc1. The summed E-state index contributed by atoms with van der Waals surface area (Å²) >= 11 is 0. The number of carbonyl (C=O) groups is 1. The van der Waals surface area contributed by atoms with Gasteiger partial charge in [-0.05, 0) is 23.6 Å². The maximum absolute atomic E-state index is 12.2. The molecule has 0 aliphatic carbocycles. The quantitative estimate of drug-likeness (QED) is 0.587. The van der Waals surface area contributed by atoms with Crippen molar-refractivity contribution in [2.24, 2.45) is 11.7 Å². The monoisotopic (exact) mass is 314 g/mol. The number of nitrogens with zero attached hydrogens (tertiary/aromatic N) is 1. The van der Waals surface area contributed by atoms with Crippen LogP contribution in [0.15, 0.2) is 24.3 Å². The first kappa shape index (κ1) is 17.4. The summed E-state index contributed by atoms with van der Waals surface area (Å²) in [5, 5.41) is 0. The number of nitrogen functional groups attached to an aromatic ring is 1. The summed E-state index contributed by atoms with van der Waals surface area (Å²) in [7, 11) is -3.77. The third-order valence-electron chi connectivity index (χ3n) is 2.68. The van der Waals surface area contributed by atoms with Crippen LogP contribution in [0.25, 0.3) is 0 Å². The molecule has 1 amide bonds. The van der Waals surface area contributed by atoms with Crippen LogP contribution in [0.2, 0.25) is 0 Å². The summed E-state index contributed by atoms with van der Waals surface area (Å²) in [5.41, 5.74) is 12.0. The van der Waals surface area contributed by atoms with Crippen LogP contribution in [-0.2, 0) is 21.5 Å². The summed E-state index contributed by atoms with van der Waals surface area (Å²) in [6.07, 6.45) is 0. The fourth-order valence-electron chi connectivity index (χ4n) is 1.59. The van der Waals surface area contributed by atoms with Gasteiger partial charge < -0.3 is 11.5 Å². The molecule has 1 aromatic rings. The van der Waals surface area contributed by atoms with Crippen LogP contribution in [0.1, 0.15) is 19.4 Å². The molecule has 0 saturated heterocycles. The number of carbonyl (C=O) groups excluding carboxylic acids is 1. The van der Waals surface area contributed by atoms with Crippen LogP contribution < -0.4 is 16.2 Å². The molecule has 0 aromatic heterocycles. The number of nitrogens with one attached hydrogen (secondary N) is 1. The Bertz CT molecular complexity index is 570. The molecule has 118 valence electrons. The molecule has 0 fully saturated rings. The van der Waals surface area contributed by atoms with E-state index in [0.29, 0.717) is 12.2 Å². The number of benzene rings is 1. The lowest BCUT2D eigenvalue weighted by atomic mass is 10.2. The second-order valence-electron chi connectivity index (χ2n) is 5.22. The second kappa shape index (κ2) is 7.39. The van der Waals surface area contributed by atoms with Crippen LogP contribution in [0.3, 0.4) is 0 Å². The van der Waals surface area contributed by atoms with E-state index in [1.165, 1.54) is 0 Å². The van der Waals surface area contributed by atoms with E-state index in [2.05, 4.69) is 4.72 Å². The van der Waals surface area contributed by atoms with E-state index in [-0.39, 0.29) is 19.0 Å².